The van der Waals surface area contributed by atoms with E-state index in [2.05, 4.69) is 15.5 Å². The Kier molecular flexibility index (Phi) is 6.82. The average molecular weight is 484 g/mol. The summed E-state index contributed by atoms with van der Waals surface area (Å²) in [6.07, 6.45) is 3.62. The predicted octanol–water partition coefficient (Wildman–Crippen LogP) is 3.55. The Hall–Kier alpha value is -3.86. The molecule has 4 rings (SSSR count). The zero-order chi connectivity index (χ0) is 24.2. The van der Waals surface area contributed by atoms with Crippen LogP contribution in [0.4, 0.5) is 10.1 Å². The second-order valence-electron chi connectivity index (χ2n) is 7.20. The molecule has 1 unspecified atom stereocenters. The van der Waals surface area contributed by atoms with E-state index in [0.717, 1.165) is 0 Å². The Labute approximate surface area is 198 Å². The second-order valence-corrected chi connectivity index (χ2v) is 8.37. The van der Waals surface area contributed by atoms with Crippen LogP contribution < -0.4 is 20.3 Å². The van der Waals surface area contributed by atoms with E-state index in [1.165, 1.54) is 59.3 Å². The monoisotopic (exact) mass is 483 g/mol. The minimum atomic E-state index is -0.519. The molecule has 1 amide bonds. The standard InChI is InChI=1S/C23H22FN5O4S/c1-4-19(21(30)25-17-13-16(32-2)8-9-18(17)33-3)34-23-27-26-20-22(31)28(10-11-29(20)23)15-7-5-6-14(24)12-15/h5-13,19H,4H2,1-3H3,(H,25,30). The van der Waals surface area contributed by atoms with E-state index in [9.17, 15) is 14.0 Å². The van der Waals surface area contributed by atoms with Crippen molar-refractivity contribution < 1.29 is 18.7 Å². The van der Waals surface area contributed by atoms with Crippen molar-refractivity contribution in [2.75, 3.05) is 19.5 Å². The fraction of sp³-hybridized carbons (Fsp3) is 0.217. The molecule has 2 aromatic carbocycles. The summed E-state index contributed by atoms with van der Waals surface area (Å²) in [7, 11) is 3.05. The number of ether oxygens (including phenoxy) is 2. The van der Waals surface area contributed by atoms with Gasteiger partial charge in [-0.05, 0) is 36.8 Å². The third-order valence-corrected chi connectivity index (χ3v) is 6.42. The lowest BCUT2D eigenvalue weighted by molar-refractivity contribution is -0.115. The number of halogens is 1. The minimum Gasteiger partial charge on any atom is -0.497 e. The number of nitrogens with one attached hydrogen (secondary N) is 1. The van der Waals surface area contributed by atoms with E-state index in [1.54, 1.807) is 30.5 Å². The zero-order valence-electron chi connectivity index (χ0n) is 18.7. The number of amides is 1. The van der Waals surface area contributed by atoms with Crippen molar-refractivity contribution in [3.63, 3.8) is 0 Å². The molecule has 4 aromatic rings. The van der Waals surface area contributed by atoms with Crippen LogP contribution in [0.2, 0.25) is 0 Å². The van der Waals surface area contributed by atoms with Gasteiger partial charge < -0.3 is 14.8 Å². The summed E-state index contributed by atoms with van der Waals surface area (Å²) in [4.78, 5) is 25.9. The zero-order valence-corrected chi connectivity index (χ0v) is 19.5. The van der Waals surface area contributed by atoms with Gasteiger partial charge in [-0.2, -0.15) is 0 Å². The van der Waals surface area contributed by atoms with Crippen molar-refractivity contribution in [1.82, 2.24) is 19.2 Å². The lowest BCUT2D eigenvalue weighted by Gasteiger charge is -2.16. The molecule has 0 aliphatic rings. The summed E-state index contributed by atoms with van der Waals surface area (Å²) in [5, 5.41) is 10.9. The van der Waals surface area contributed by atoms with Gasteiger partial charge in [0, 0.05) is 18.5 Å². The molecule has 0 saturated carbocycles. The molecule has 0 bridgehead atoms. The van der Waals surface area contributed by atoms with E-state index < -0.39 is 16.6 Å². The second kappa shape index (κ2) is 9.96. The van der Waals surface area contributed by atoms with Crippen molar-refractivity contribution in [3.05, 3.63) is 71.0 Å². The molecule has 1 atom stereocenters. The first kappa shape index (κ1) is 23.3. The summed E-state index contributed by atoms with van der Waals surface area (Å²) in [5.41, 5.74) is 0.475. The van der Waals surface area contributed by atoms with Crippen LogP contribution >= 0.6 is 11.8 Å². The number of anilines is 1. The van der Waals surface area contributed by atoms with Gasteiger partial charge in [-0.25, -0.2) is 4.39 Å². The van der Waals surface area contributed by atoms with Crippen LogP contribution in [0, 0.1) is 5.82 Å². The first-order valence-electron chi connectivity index (χ1n) is 10.4. The Bertz CT molecular complexity index is 1400. The molecule has 0 aliphatic carbocycles. The highest BCUT2D eigenvalue weighted by molar-refractivity contribution is 8.00. The summed E-state index contributed by atoms with van der Waals surface area (Å²) in [6.45, 7) is 1.88. The minimum absolute atomic E-state index is 0.0685. The maximum absolute atomic E-state index is 13.6. The van der Waals surface area contributed by atoms with Crippen molar-refractivity contribution >= 4 is 29.0 Å². The van der Waals surface area contributed by atoms with E-state index >= 15 is 0 Å². The van der Waals surface area contributed by atoms with Crippen LogP contribution in [0.3, 0.4) is 0 Å². The molecule has 9 nitrogen and oxygen atoms in total. The van der Waals surface area contributed by atoms with Gasteiger partial charge in [0.15, 0.2) is 5.16 Å². The summed E-state index contributed by atoms with van der Waals surface area (Å²) >= 11 is 1.19. The van der Waals surface area contributed by atoms with E-state index in [4.69, 9.17) is 9.47 Å². The molecule has 0 saturated heterocycles. The number of methoxy groups -OCH3 is 2. The highest BCUT2D eigenvalue weighted by Crippen LogP contribution is 2.31. The van der Waals surface area contributed by atoms with Crippen molar-refractivity contribution in [2.24, 2.45) is 0 Å². The van der Waals surface area contributed by atoms with Crippen LogP contribution in [0.5, 0.6) is 11.5 Å². The van der Waals surface area contributed by atoms with Crippen molar-refractivity contribution in [1.29, 1.82) is 0 Å². The number of thioether (sulfide) groups is 1. The number of rotatable bonds is 8. The number of benzene rings is 2. The Morgan fingerprint density at radius 2 is 1.97 bits per heavy atom. The van der Waals surface area contributed by atoms with Gasteiger partial charge in [0.1, 0.15) is 17.3 Å². The third-order valence-electron chi connectivity index (χ3n) is 5.10. The number of fused-ring (bicyclic) bond motifs is 1. The number of carbonyl (C=O) groups excluding carboxylic acids is 1. The van der Waals surface area contributed by atoms with Crippen molar-refractivity contribution in [2.45, 2.75) is 23.8 Å². The smallest absolute Gasteiger partial charge is 0.300 e. The summed E-state index contributed by atoms with van der Waals surface area (Å²) in [5.74, 6) is 0.366. The number of hydrogen-bond acceptors (Lipinski definition) is 7. The van der Waals surface area contributed by atoms with Gasteiger partial charge in [-0.15, -0.1) is 10.2 Å². The SMILES string of the molecule is CCC(Sc1nnc2c(=O)n(-c3cccc(F)c3)ccn12)C(=O)Nc1cc(OC)ccc1OC. The number of nitrogens with zero attached hydrogens (tertiary/aromatic N) is 4. The maximum atomic E-state index is 13.6. The number of carbonyl (C=O) groups is 1. The average Bonchev–Trinajstić information content (AvgIpc) is 3.26. The van der Waals surface area contributed by atoms with E-state index in [-0.39, 0.29) is 11.6 Å². The van der Waals surface area contributed by atoms with Gasteiger partial charge in [0.05, 0.1) is 30.8 Å². The van der Waals surface area contributed by atoms with Gasteiger partial charge in [-0.1, -0.05) is 24.8 Å². The van der Waals surface area contributed by atoms with E-state index in [0.29, 0.717) is 34.5 Å². The first-order chi connectivity index (χ1) is 16.4. The molecule has 1 N–H and O–H groups in total. The van der Waals surface area contributed by atoms with Crippen LogP contribution in [-0.4, -0.2) is 44.5 Å². The van der Waals surface area contributed by atoms with Crippen LogP contribution in [0.1, 0.15) is 13.3 Å². The Morgan fingerprint density at radius 3 is 2.68 bits per heavy atom. The first-order valence-corrected chi connectivity index (χ1v) is 11.2. The molecular formula is C23H22FN5O4S. The molecule has 2 heterocycles. The van der Waals surface area contributed by atoms with Gasteiger partial charge in [0.25, 0.3) is 0 Å². The third kappa shape index (κ3) is 4.60. The summed E-state index contributed by atoms with van der Waals surface area (Å²) in [6, 6.07) is 10.8. The molecule has 11 heteroatoms. The molecule has 0 spiro atoms. The van der Waals surface area contributed by atoms with Crippen LogP contribution in [0.25, 0.3) is 11.3 Å². The van der Waals surface area contributed by atoms with E-state index in [1.807, 2.05) is 6.92 Å². The van der Waals surface area contributed by atoms with Crippen LogP contribution in [-0.2, 0) is 4.79 Å². The number of hydrogen-bond donors (Lipinski definition) is 1. The van der Waals surface area contributed by atoms with Crippen molar-refractivity contribution in [3.8, 4) is 17.2 Å². The summed E-state index contributed by atoms with van der Waals surface area (Å²) < 4.78 is 27.0. The van der Waals surface area contributed by atoms with Gasteiger partial charge >= 0.3 is 5.56 Å². The number of aromatic nitrogens is 4. The van der Waals surface area contributed by atoms with Crippen LogP contribution in [0.15, 0.2) is 64.8 Å². The largest absolute Gasteiger partial charge is 0.497 e. The molecule has 0 radical (unpaired) electrons. The van der Waals surface area contributed by atoms with Gasteiger partial charge in [0.2, 0.25) is 11.6 Å². The molecular weight excluding hydrogens is 461 g/mol. The molecule has 34 heavy (non-hydrogen) atoms. The molecule has 176 valence electrons. The normalized spacial score (nSPS) is 11.9. The molecule has 2 aromatic heterocycles. The maximum Gasteiger partial charge on any atom is 0.300 e. The fourth-order valence-electron chi connectivity index (χ4n) is 3.35. The lowest BCUT2D eigenvalue weighted by atomic mass is 10.2. The fourth-order valence-corrected chi connectivity index (χ4v) is 4.29. The van der Waals surface area contributed by atoms with Gasteiger partial charge in [-0.3, -0.25) is 18.6 Å². The highest BCUT2D eigenvalue weighted by Gasteiger charge is 2.23. The quantitative estimate of drug-likeness (QED) is 0.383. The Morgan fingerprint density at radius 1 is 1.15 bits per heavy atom. The topological polar surface area (TPSA) is 99.8 Å². The molecule has 0 fully saturated rings. The Balaban J connectivity index is 1.59. The predicted molar refractivity (Wildman–Crippen MR) is 127 cm³/mol. The molecule has 0 aliphatic heterocycles. The highest BCUT2D eigenvalue weighted by atomic mass is 32.2. The lowest BCUT2D eigenvalue weighted by Crippen LogP contribution is -2.25.